The van der Waals surface area contributed by atoms with Crippen molar-refractivity contribution in [3.63, 3.8) is 0 Å². The largest absolute Gasteiger partial charge is 0.407 e. The van der Waals surface area contributed by atoms with Crippen LogP contribution >= 0.6 is 0 Å². The molecule has 3 N–H and O–H groups in total. The van der Waals surface area contributed by atoms with Gasteiger partial charge in [-0.25, -0.2) is 0 Å². The van der Waals surface area contributed by atoms with Crippen molar-refractivity contribution in [1.82, 2.24) is 4.98 Å². The Hall–Kier alpha value is -1.30. The molecule has 1 aromatic heterocycles. The summed E-state index contributed by atoms with van der Waals surface area (Å²) in [6, 6.07) is -0.146. The SMILES string of the molecule is N[C@@H](c1cc[nH]c(=O)c1)C(F)(F)F. The van der Waals surface area contributed by atoms with E-state index in [1.54, 1.807) is 0 Å². The van der Waals surface area contributed by atoms with Crippen LogP contribution in [0.25, 0.3) is 0 Å². The van der Waals surface area contributed by atoms with Crippen LogP contribution in [0.2, 0.25) is 0 Å². The lowest BCUT2D eigenvalue weighted by atomic mass is 10.1. The second kappa shape index (κ2) is 3.21. The smallest absolute Gasteiger partial charge is 0.329 e. The van der Waals surface area contributed by atoms with E-state index in [1.807, 2.05) is 0 Å². The normalized spacial score (nSPS) is 14.2. The van der Waals surface area contributed by atoms with Crippen molar-refractivity contribution in [2.75, 3.05) is 0 Å². The third kappa shape index (κ3) is 2.32. The van der Waals surface area contributed by atoms with Crippen molar-refractivity contribution in [3.8, 4) is 0 Å². The van der Waals surface area contributed by atoms with Gasteiger partial charge in [0.2, 0.25) is 5.56 Å². The zero-order valence-corrected chi connectivity index (χ0v) is 6.43. The van der Waals surface area contributed by atoms with Crippen LogP contribution in [0.3, 0.4) is 0 Å². The summed E-state index contributed by atoms with van der Waals surface area (Å²) in [5, 5.41) is 0. The fraction of sp³-hybridized carbons (Fsp3) is 0.286. The Morgan fingerprint density at radius 3 is 2.54 bits per heavy atom. The Labute approximate surface area is 71.4 Å². The van der Waals surface area contributed by atoms with Crippen LogP contribution in [0.15, 0.2) is 23.1 Å². The molecule has 0 fully saturated rings. The van der Waals surface area contributed by atoms with Crippen LogP contribution in [-0.2, 0) is 0 Å². The second-order valence-corrected chi connectivity index (χ2v) is 2.51. The summed E-state index contributed by atoms with van der Waals surface area (Å²) >= 11 is 0. The molecule has 6 heteroatoms. The Kier molecular flexibility index (Phi) is 2.42. The Morgan fingerprint density at radius 2 is 2.08 bits per heavy atom. The molecule has 0 aliphatic carbocycles. The van der Waals surface area contributed by atoms with Crippen molar-refractivity contribution in [2.24, 2.45) is 5.73 Å². The Balaban J connectivity index is 3.02. The summed E-state index contributed by atoms with van der Waals surface area (Å²) in [6.45, 7) is 0. The van der Waals surface area contributed by atoms with Gasteiger partial charge in [0.15, 0.2) is 0 Å². The minimum absolute atomic E-state index is 0.240. The molecule has 0 saturated carbocycles. The minimum Gasteiger partial charge on any atom is -0.329 e. The highest BCUT2D eigenvalue weighted by molar-refractivity contribution is 5.16. The van der Waals surface area contributed by atoms with Crippen molar-refractivity contribution < 1.29 is 13.2 Å². The van der Waals surface area contributed by atoms with Crippen molar-refractivity contribution in [3.05, 3.63) is 34.2 Å². The van der Waals surface area contributed by atoms with E-state index in [1.165, 1.54) is 0 Å². The van der Waals surface area contributed by atoms with Gasteiger partial charge in [-0.2, -0.15) is 13.2 Å². The van der Waals surface area contributed by atoms with Gasteiger partial charge >= 0.3 is 6.18 Å². The summed E-state index contributed by atoms with van der Waals surface area (Å²) in [6.07, 6.45) is -3.39. The lowest BCUT2D eigenvalue weighted by Crippen LogP contribution is -2.29. The summed E-state index contributed by atoms with van der Waals surface area (Å²) < 4.78 is 36.1. The average molecular weight is 192 g/mol. The van der Waals surface area contributed by atoms with E-state index < -0.39 is 17.8 Å². The van der Waals surface area contributed by atoms with Gasteiger partial charge in [-0.15, -0.1) is 0 Å². The van der Waals surface area contributed by atoms with Crippen LogP contribution in [0, 0.1) is 0 Å². The van der Waals surface area contributed by atoms with Gasteiger partial charge in [-0.3, -0.25) is 4.79 Å². The van der Waals surface area contributed by atoms with Crippen LogP contribution in [0.5, 0.6) is 0 Å². The first-order valence-electron chi connectivity index (χ1n) is 3.42. The molecule has 1 rings (SSSR count). The Morgan fingerprint density at radius 1 is 1.46 bits per heavy atom. The van der Waals surface area contributed by atoms with Crippen LogP contribution < -0.4 is 11.3 Å². The number of hydrogen-bond acceptors (Lipinski definition) is 2. The molecule has 0 bridgehead atoms. The van der Waals surface area contributed by atoms with E-state index in [9.17, 15) is 18.0 Å². The number of hydrogen-bond donors (Lipinski definition) is 2. The number of rotatable bonds is 1. The number of nitrogens with two attached hydrogens (primary N) is 1. The lowest BCUT2D eigenvalue weighted by molar-refractivity contribution is -0.149. The average Bonchev–Trinajstić information content (AvgIpc) is 2.01. The van der Waals surface area contributed by atoms with Crippen molar-refractivity contribution in [2.45, 2.75) is 12.2 Å². The van der Waals surface area contributed by atoms with E-state index >= 15 is 0 Å². The monoisotopic (exact) mass is 192 g/mol. The van der Waals surface area contributed by atoms with Crippen molar-refractivity contribution in [1.29, 1.82) is 0 Å². The quantitative estimate of drug-likeness (QED) is 0.695. The van der Waals surface area contributed by atoms with Gasteiger partial charge in [0.25, 0.3) is 0 Å². The van der Waals surface area contributed by atoms with Gasteiger partial charge < -0.3 is 10.7 Å². The van der Waals surface area contributed by atoms with E-state index in [2.05, 4.69) is 4.98 Å². The second-order valence-electron chi connectivity index (χ2n) is 2.51. The number of H-pyrrole nitrogens is 1. The fourth-order valence-electron chi connectivity index (χ4n) is 0.844. The van der Waals surface area contributed by atoms with Crippen LogP contribution in [0.4, 0.5) is 13.2 Å². The highest BCUT2D eigenvalue weighted by atomic mass is 19.4. The molecule has 13 heavy (non-hydrogen) atoms. The molecule has 1 heterocycles. The zero-order valence-electron chi connectivity index (χ0n) is 6.43. The number of aromatic nitrogens is 1. The molecule has 0 amide bonds. The summed E-state index contributed by atoms with van der Waals surface area (Å²) in [5.74, 6) is 0. The molecule has 0 saturated heterocycles. The van der Waals surface area contributed by atoms with E-state index in [4.69, 9.17) is 5.73 Å². The maximum atomic E-state index is 12.0. The van der Waals surface area contributed by atoms with Gasteiger partial charge in [0.05, 0.1) is 0 Å². The molecule has 0 unspecified atom stereocenters. The van der Waals surface area contributed by atoms with Gasteiger partial charge in [-0.1, -0.05) is 0 Å². The number of alkyl halides is 3. The molecule has 0 aliphatic rings. The number of pyridine rings is 1. The van der Waals surface area contributed by atoms with E-state index in [-0.39, 0.29) is 5.56 Å². The molecule has 0 spiro atoms. The number of halogens is 3. The summed E-state index contributed by atoms with van der Waals surface area (Å²) in [5.41, 5.74) is 4.02. The standard InChI is InChI=1S/C7H7F3N2O/c8-7(9,10)6(11)4-1-2-12-5(13)3-4/h1-3,6H,11H2,(H,12,13)/t6-/m0/s1. The molecule has 72 valence electrons. The molecule has 0 aromatic carbocycles. The van der Waals surface area contributed by atoms with E-state index in [0.29, 0.717) is 0 Å². The first-order valence-corrected chi connectivity index (χ1v) is 3.42. The first-order chi connectivity index (χ1) is 5.91. The minimum atomic E-state index is -4.52. The van der Waals surface area contributed by atoms with Crippen molar-refractivity contribution >= 4 is 0 Å². The third-order valence-corrected chi connectivity index (χ3v) is 1.51. The fourth-order valence-corrected chi connectivity index (χ4v) is 0.844. The number of aromatic amines is 1. The predicted octanol–water partition coefficient (Wildman–Crippen LogP) is 0.937. The van der Waals surface area contributed by atoms with Crippen LogP contribution in [0.1, 0.15) is 11.6 Å². The summed E-state index contributed by atoms with van der Waals surface area (Å²) in [7, 11) is 0. The molecule has 0 radical (unpaired) electrons. The maximum Gasteiger partial charge on any atom is 0.407 e. The lowest BCUT2D eigenvalue weighted by Gasteiger charge is -2.14. The Bertz CT molecular complexity index is 344. The molecular weight excluding hydrogens is 185 g/mol. The predicted molar refractivity (Wildman–Crippen MR) is 40.0 cm³/mol. The number of nitrogens with one attached hydrogen (secondary N) is 1. The zero-order chi connectivity index (χ0) is 10.1. The summed E-state index contributed by atoms with van der Waals surface area (Å²) in [4.78, 5) is 12.8. The van der Waals surface area contributed by atoms with E-state index in [0.717, 1.165) is 18.3 Å². The van der Waals surface area contributed by atoms with Crippen LogP contribution in [-0.4, -0.2) is 11.2 Å². The third-order valence-electron chi connectivity index (χ3n) is 1.51. The van der Waals surface area contributed by atoms with Gasteiger partial charge in [0.1, 0.15) is 6.04 Å². The molecule has 1 atom stereocenters. The molecule has 1 aromatic rings. The topological polar surface area (TPSA) is 58.9 Å². The maximum absolute atomic E-state index is 12.0. The van der Waals surface area contributed by atoms with Gasteiger partial charge in [-0.05, 0) is 11.6 Å². The van der Waals surface area contributed by atoms with Gasteiger partial charge in [0, 0.05) is 12.3 Å². The highest BCUT2D eigenvalue weighted by Gasteiger charge is 2.37. The molecule has 3 nitrogen and oxygen atoms in total. The molecular formula is C7H7F3N2O. The molecule has 0 aliphatic heterocycles. The first kappa shape index (κ1) is 9.79. The highest BCUT2D eigenvalue weighted by Crippen LogP contribution is 2.29.